The Balaban J connectivity index is 1.49. The number of carbonyl (C=O) groups is 1. The molecule has 0 saturated carbocycles. The predicted molar refractivity (Wildman–Crippen MR) is 97.7 cm³/mol. The van der Waals surface area contributed by atoms with Crippen molar-refractivity contribution >= 4 is 5.91 Å². The van der Waals surface area contributed by atoms with Crippen molar-refractivity contribution in [3.8, 4) is 0 Å². The Morgan fingerprint density at radius 3 is 2.88 bits per heavy atom. The fraction of sp³-hybridized carbons (Fsp3) is 0.450. The molecule has 2 saturated heterocycles. The van der Waals surface area contributed by atoms with Crippen LogP contribution in [0.2, 0.25) is 0 Å². The van der Waals surface area contributed by atoms with E-state index in [1.807, 2.05) is 48.5 Å². The number of hydrogen-bond donors (Lipinski definition) is 0. The fourth-order valence-electron chi connectivity index (χ4n) is 3.87. The second-order valence-corrected chi connectivity index (χ2v) is 7.01. The van der Waals surface area contributed by atoms with Gasteiger partial charge in [-0.15, -0.1) is 0 Å². The molecule has 0 radical (unpaired) electrons. The van der Waals surface area contributed by atoms with Crippen molar-refractivity contribution in [2.45, 2.75) is 32.0 Å². The molecule has 2 aromatic heterocycles. The summed E-state index contributed by atoms with van der Waals surface area (Å²) in [5.74, 6) is 0.0154. The zero-order valence-corrected chi connectivity index (χ0v) is 15.0. The van der Waals surface area contributed by atoms with Gasteiger partial charge in [-0.2, -0.15) is 0 Å². The molecule has 1 amide bonds. The summed E-state index contributed by atoms with van der Waals surface area (Å²) in [6, 6.07) is 9.92. The van der Waals surface area contributed by atoms with Gasteiger partial charge in [0.2, 0.25) is 0 Å². The largest absolute Gasteiger partial charge is 0.375 e. The Morgan fingerprint density at radius 2 is 2.08 bits per heavy atom. The topological polar surface area (TPSA) is 58.6 Å². The van der Waals surface area contributed by atoms with Crippen LogP contribution in [0.5, 0.6) is 0 Å². The van der Waals surface area contributed by atoms with Crippen LogP contribution in [0, 0.1) is 6.92 Å². The van der Waals surface area contributed by atoms with Gasteiger partial charge in [0.05, 0.1) is 18.8 Å². The molecule has 6 nitrogen and oxygen atoms in total. The van der Waals surface area contributed by atoms with Crippen LogP contribution in [0.4, 0.5) is 0 Å². The molecule has 0 aromatic carbocycles. The van der Waals surface area contributed by atoms with Gasteiger partial charge in [0.25, 0.3) is 5.91 Å². The van der Waals surface area contributed by atoms with E-state index in [1.165, 1.54) is 5.56 Å². The van der Waals surface area contributed by atoms with Gasteiger partial charge >= 0.3 is 0 Å². The van der Waals surface area contributed by atoms with Crippen LogP contribution >= 0.6 is 0 Å². The summed E-state index contributed by atoms with van der Waals surface area (Å²) in [7, 11) is 0. The average Bonchev–Trinajstić information content (AvgIpc) is 2.68. The van der Waals surface area contributed by atoms with Crippen LogP contribution in [-0.4, -0.2) is 64.1 Å². The zero-order valence-electron chi connectivity index (χ0n) is 15.0. The van der Waals surface area contributed by atoms with Crippen molar-refractivity contribution in [2.24, 2.45) is 0 Å². The first kappa shape index (κ1) is 17.1. The number of piperidine rings is 1. The van der Waals surface area contributed by atoms with E-state index in [1.54, 1.807) is 6.07 Å². The van der Waals surface area contributed by atoms with E-state index < -0.39 is 0 Å². The van der Waals surface area contributed by atoms with E-state index in [0.29, 0.717) is 12.2 Å². The number of aryl methyl sites for hydroxylation is 1. The molecule has 2 atom stereocenters. The number of likely N-dealkylation sites (tertiary alicyclic amines) is 1. The molecule has 2 aliphatic rings. The lowest BCUT2D eigenvalue weighted by Gasteiger charge is -2.47. The molecule has 0 bridgehead atoms. The minimum absolute atomic E-state index is 0.0154. The monoisotopic (exact) mass is 352 g/mol. The van der Waals surface area contributed by atoms with Gasteiger partial charge in [-0.25, -0.2) is 4.98 Å². The number of pyridine rings is 2. The standard InChI is InChI=1S/C20H24N4O2/c1-15-3-2-4-17(22-15)20(25)24-10-7-19-18(14-24)23(11-12-26-19)13-16-5-8-21-9-6-16/h2-6,8-9,18-19H,7,10-14H2,1H3/t18-,19-/m1/s1. The fourth-order valence-corrected chi connectivity index (χ4v) is 3.87. The average molecular weight is 352 g/mol. The molecule has 2 aromatic rings. The molecular formula is C20H24N4O2. The van der Waals surface area contributed by atoms with Crippen LogP contribution < -0.4 is 0 Å². The van der Waals surface area contributed by atoms with E-state index >= 15 is 0 Å². The first-order valence-electron chi connectivity index (χ1n) is 9.18. The van der Waals surface area contributed by atoms with Gasteiger partial charge in [-0.05, 0) is 43.2 Å². The van der Waals surface area contributed by atoms with Gasteiger partial charge in [0, 0.05) is 44.3 Å². The summed E-state index contributed by atoms with van der Waals surface area (Å²) >= 11 is 0. The van der Waals surface area contributed by atoms with E-state index in [4.69, 9.17) is 4.74 Å². The second kappa shape index (κ2) is 7.51. The molecule has 0 unspecified atom stereocenters. The molecule has 4 rings (SSSR count). The third-order valence-electron chi connectivity index (χ3n) is 5.23. The number of amides is 1. The minimum atomic E-state index is 0.0154. The number of nitrogens with zero attached hydrogens (tertiary/aromatic N) is 4. The lowest BCUT2D eigenvalue weighted by molar-refractivity contribution is -0.101. The molecule has 0 N–H and O–H groups in total. The Kier molecular flexibility index (Phi) is 4.95. The van der Waals surface area contributed by atoms with Crippen molar-refractivity contribution in [3.63, 3.8) is 0 Å². The Morgan fingerprint density at radius 1 is 1.23 bits per heavy atom. The highest BCUT2D eigenvalue weighted by molar-refractivity contribution is 5.92. The number of ether oxygens (including phenoxy) is 1. The van der Waals surface area contributed by atoms with Gasteiger partial charge in [0.1, 0.15) is 5.69 Å². The maximum absolute atomic E-state index is 12.9. The third kappa shape index (κ3) is 3.61. The van der Waals surface area contributed by atoms with Crippen molar-refractivity contribution in [2.75, 3.05) is 26.2 Å². The Labute approximate surface area is 153 Å². The van der Waals surface area contributed by atoms with E-state index in [-0.39, 0.29) is 18.1 Å². The number of morpholine rings is 1. The van der Waals surface area contributed by atoms with Crippen molar-refractivity contribution < 1.29 is 9.53 Å². The molecular weight excluding hydrogens is 328 g/mol. The highest BCUT2D eigenvalue weighted by atomic mass is 16.5. The first-order valence-corrected chi connectivity index (χ1v) is 9.18. The molecule has 0 spiro atoms. The maximum atomic E-state index is 12.9. The number of fused-ring (bicyclic) bond motifs is 1. The van der Waals surface area contributed by atoms with Gasteiger partial charge in [-0.3, -0.25) is 14.7 Å². The number of aromatic nitrogens is 2. The van der Waals surface area contributed by atoms with Crippen LogP contribution in [0.3, 0.4) is 0 Å². The van der Waals surface area contributed by atoms with Crippen LogP contribution in [0.15, 0.2) is 42.7 Å². The zero-order chi connectivity index (χ0) is 17.9. The quantitative estimate of drug-likeness (QED) is 0.844. The van der Waals surface area contributed by atoms with E-state index in [2.05, 4.69) is 14.9 Å². The third-order valence-corrected chi connectivity index (χ3v) is 5.23. The van der Waals surface area contributed by atoms with Crippen molar-refractivity contribution in [1.29, 1.82) is 0 Å². The summed E-state index contributed by atoms with van der Waals surface area (Å²) in [4.78, 5) is 25.7. The highest BCUT2D eigenvalue weighted by Crippen LogP contribution is 2.25. The summed E-state index contributed by atoms with van der Waals surface area (Å²) < 4.78 is 6.00. The van der Waals surface area contributed by atoms with Gasteiger partial charge < -0.3 is 9.64 Å². The molecule has 0 aliphatic carbocycles. The molecule has 136 valence electrons. The summed E-state index contributed by atoms with van der Waals surface area (Å²) in [5, 5.41) is 0. The highest BCUT2D eigenvalue weighted by Gasteiger charge is 2.38. The number of rotatable bonds is 3. The molecule has 6 heteroatoms. The normalized spacial score (nSPS) is 23.5. The van der Waals surface area contributed by atoms with Crippen LogP contribution in [0.1, 0.15) is 28.2 Å². The molecule has 4 heterocycles. The maximum Gasteiger partial charge on any atom is 0.272 e. The van der Waals surface area contributed by atoms with Crippen molar-refractivity contribution in [3.05, 3.63) is 59.7 Å². The summed E-state index contributed by atoms with van der Waals surface area (Å²) in [6.07, 6.45) is 4.72. The van der Waals surface area contributed by atoms with Gasteiger partial charge in [0.15, 0.2) is 0 Å². The molecule has 2 fully saturated rings. The van der Waals surface area contributed by atoms with Crippen molar-refractivity contribution in [1.82, 2.24) is 19.8 Å². The van der Waals surface area contributed by atoms with Gasteiger partial charge in [-0.1, -0.05) is 6.07 Å². The first-order chi connectivity index (χ1) is 12.7. The van der Waals surface area contributed by atoms with Crippen LogP contribution in [-0.2, 0) is 11.3 Å². The van der Waals surface area contributed by atoms with Crippen LogP contribution in [0.25, 0.3) is 0 Å². The summed E-state index contributed by atoms with van der Waals surface area (Å²) in [6.45, 7) is 5.81. The molecule has 2 aliphatic heterocycles. The lowest BCUT2D eigenvalue weighted by atomic mass is 9.97. The number of hydrogen-bond acceptors (Lipinski definition) is 5. The summed E-state index contributed by atoms with van der Waals surface area (Å²) in [5.41, 5.74) is 2.64. The van der Waals surface area contributed by atoms with E-state index in [0.717, 1.165) is 38.4 Å². The molecule has 26 heavy (non-hydrogen) atoms. The number of carbonyl (C=O) groups excluding carboxylic acids is 1. The Hall–Kier alpha value is -2.31. The second-order valence-electron chi connectivity index (χ2n) is 7.01. The lowest BCUT2D eigenvalue weighted by Crippen LogP contribution is -2.60. The SMILES string of the molecule is Cc1cccc(C(=O)N2CC[C@H]3OCCN(Cc4ccncc4)[C@@H]3C2)n1. The minimum Gasteiger partial charge on any atom is -0.375 e. The Bertz CT molecular complexity index is 767. The van der Waals surface area contributed by atoms with E-state index in [9.17, 15) is 4.79 Å². The smallest absolute Gasteiger partial charge is 0.272 e. The predicted octanol–water partition coefficient (Wildman–Crippen LogP) is 1.90.